The highest BCUT2D eigenvalue weighted by molar-refractivity contribution is 5.86. The van der Waals surface area contributed by atoms with Crippen LogP contribution < -0.4 is 10.1 Å². The summed E-state index contributed by atoms with van der Waals surface area (Å²) in [6.07, 6.45) is 1.77. The molecule has 3 aromatic heterocycles. The van der Waals surface area contributed by atoms with Gasteiger partial charge < -0.3 is 10.1 Å². The van der Waals surface area contributed by atoms with Crippen LogP contribution in [-0.2, 0) is 13.6 Å². The van der Waals surface area contributed by atoms with Crippen LogP contribution in [0.15, 0.2) is 12.3 Å². The molecule has 0 radical (unpaired) electrons. The smallest absolute Gasteiger partial charge is 0.218 e. The third-order valence-electron chi connectivity index (χ3n) is 3.77. The van der Waals surface area contributed by atoms with Crippen LogP contribution in [0.2, 0.25) is 0 Å². The summed E-state index contributed by atoms with van der Waals surface area (Å²) in [7, 11) is 3.51. The number of methoxy groups -OCH3 is 1. The molecule has 0 atom stereocenters. The van der Waals surface area contributed by atoms with Crippen LogP contribution in [0.25, 0.3) is 11.0 Å². The average Bonchev–Trinajstić information content (AvgIpc) is 2.87. The Morgan fingerprint density at radius 1 is 1.17 bits per heavy atom. The monoisotopic (exact) mass is 312 g/mol. The Bertz CT molecular complexity index is 871. The summed E-state index contributed by atoms with van der Waals surface area (Å²) in [5, 5.41) is 8.52. The molecule has 0 amide bonds. The Hall–Kier alpha value is -2.70. The van der Waals surface area contributed by atoms with Gasteiger partial charge in [0.15, 0.2) is 5.65 Å². The minimum absolute atomic E-state index is 0.572. The first-order chi connectivity index (χ1) is 11.0. The molecule has 0 saturated carbocycles. The number of aromatic nitrogens is 5. The normalized spacial score (nSPS) is 11.0. The number of rotatable bonds is 4. The van der Waals surface area contributed by atoms with Gasteiger partial charge in [0.05, 0.1) is 18.7 Å². The fourth-order valence-corrected chi connectivity index (χ4v) is 2.65. The van der Waals surface area contributed by atoms with E-state index in [4.69, 9.17) is 4.74 Å². The van der Waals surface area contributed by atoms with E-state index in [1.54, 1.807) is 18.0 Å². The van der Waals surface area contributed by atoms with Crippen LogP contribution in [0.4, 0.5) is 5.82 Å². The zero-order valence-corrected chi connectivity index (χ0v) is 14.0. The fraction of sp³-hybridized carbons (Fsp3) is 0.375. The number of hydrogen-bond donors (Lipinski definition) is 1. The summed E-state index contributed by atoms with van der Waals surface area (Å²) in [5.74, 6) is 2.11. The number of pyridine rings is 1. The van der Waals surface area contributed by atoms with Crippen LogP contribution in [0.3, 0.4) is 0 Å². The summed E-state index contributed by atoms with van der Waals surface area (Å²) in [6.45, 7) is 6.46. The molecule has 0 aliphatic rings. The standard InChI is InChI=1S/C16H20N6O/c1-9-6-10(2)19-16(23-5)12(9)7-17-14-13-8-18-22(4)15(13)21-11(3)20-14/h6,8H,7H2,1-5H3,(H,17,20,21). The number of anilines is 1. The van der Waals surface area contributed by atoms with Gasteiger partial charge in [-0.25, -0.2) is 15.0 Å². The van der Waals surface area contributed by atoms with Gasteiger partial charge in [-0.1, -0.05) is 0 Å². The van der Waals surface area contributed by atoms with Crippen LogP contribution in [-0.4, -0.2) is 31.8 Å². The van der Waals surface area contributed by atoms with Crippen LogP contribution in [0.1, 0.15) is 22.6 Å². The van der Waals surface area contributed by atoms with E-state index in [-0.39, 0.29) is 0 Å². The number of hydrogen-bond acceptors (Lipinski definition) is 6. The second-order valence-corrected chi connectivity index (χ2v) is 5.55. The van der Waals surface area contributed by atoms with Crippen molar-refractivity contribution in [2.24, 2.45) is 7.05 Å². The minimum Gasteiger partial charge on any atom is -0.481 e. The van der Waals surface area contributed by atoms with E-state index in [9.17, 15) is 0 Å². The number of aryl methyl sites for hydroxylation is 4. The van der Waals surface area contributed by atoms with Crippen molar-refractivity contribution >= 4 is 16.9 Å². The first-order valence-electron chi connectivity index (χ1n) is 7.41. The molecule has 23 heavy (non-hydrogen) atoms. The highest BCUT2D eigenvalue weighted by Crippen LogP contribution is 2.24. The molecule has 0 fully saturated rings. The summed E-state index contributed by atoms with van der Waals surface area (Å²) in [6, 6.07) is 2.05. The average molecular weight is 312 g/mol. The van der Waals surface area contributed by atoms with E-state index >= 15 is 0 Å². The molecule has 7 heteroatoms. The van der Waals surface area contributed by atoms with Gasteiger partial charge in [0, 0.05) is 24.8 Å². The van der Waals surface area contributed by atoms with Crippen molar-refractivity contribution in [3.63, 3.8) is 0 Å². The Kier molecular flexibility index (Phi) is 3.85. The van der Waals surface area contributed by atoms with E-state index < -0.39 is 0 Å². The molecule has 3 heterocycles. The van der Waals surface area contributed by atoms with Crippen molar-refractivity contribution in [3.05, 3.63) is 34.9 Å². The Balaban J connectivity index is 1.96. The van der Waals surface area contributed by atoms with E-state index in [0.29, 0.717) is 18.2 Å². The summed E-state index contributed by atoms with van der Waals surface area (Å²) in [5.41, 5.74) is 3.91. The summed E-state index contributed by atoms with van der Waals surface area (Å²) in [4.78, 5) is 13.4. The fourth-order valence-electron chi connectivity index (χ4n) is 2.65. The molecule has 3 rings (SSSR count). The third kappa shape index (κ3) is 2.81. The molecule has 1 N–H and O–H groups in total. The van der Waals surface area contributed by atoms with E-state index in [1.165, 1.54) is 0 Å². The Morgan fingerprint density at radius 3 is 2.70 bits per heavy atom. The van der Waals surface area contributed by atoms with E-state index in [0.717, 1.165) is 33.7 Å². The first kappa shape index (κ1) is 15.2. The molecular formula is C16H20N6O. The molecule has 7 nitrogen and oxygen atoms in total. The maximum absolute atomic E-state index is 5.41. The van der Waals surface area contributed by atoms with Gasteiger partial charge in [-0.15, -0.1) is 0 Å². The van der Waals surface area contributed by atoms with Crippen LogP contribution in [0, 0.1) is 20.8 Å². The summed E-state index contributed by atoms with van der Waals surface area (Å²) >= 11 is 0. The van der Waals surface area contributed by atoms with Gasteiger partial charge in [0.2, 0.25) is 5.88 Å². The molecule has 0 spiro atoms. The highest BCUT2D eigenvalue weighted by atomic mass is 16.5. The molecule has 3 aromatic rings. The van der Waals surface area contributed by atoms with Crippen molar-refractivity contribution < 1.29 is 4.74 Å². The van der Waals surface area contributed by atoms with Crippen molar-refractivity contribution in [2.75, 3.05) is 12.4 Å². The number of nitrogens with zero attached hydrogens (tertiary/aromatic N) is 5. The van der Waals surface area contributed by atoms with Gasteiger partial charge in [-0.2, -0.15) is 5.10 Å². The molecule has 0 aromatic carbocycles. The maximum Gasteiger partial charge on any atom is 0.218 e. The Morgan fingerprint density at radius 2 is 1.96 bits per heavy atom. The topological polar surface area (TPSA) is 77.8 Å². The molecule has 120 valence electrons. The number of fused-ring (bicyclic) bond motifs is 1. The minimum atomic E-state index is 0.572. The molecule has 0 bridgehead atoms. The lowest BCUT2D eigenvalue weighted by atomic mass is 10.1. The largest absolute Gasteiger partial charge is 0.481 e. The molecule has 0 aliphatic heterocycles. The second kappa shape index (κ2) is 5.83. The number of ether oxygens (including phenoxy) is 1. The van der Waals surface area contributed by atoms with Gasteiger partial charge in [0.1, 0.15) is 11.6 Å². The predicted octanol–water partition coefficient (Wildman–Crippen LogP) is 2.30. The van der Waals surface area contributed by atoms with Crippen LogP contribution >= 0.6 is 0 Å². The van der Waals surface area contributed by atoms with E-state index in [2.05, 4.69) is 32.3 Å². The Labute approximate surface area is 134 Å². The molecule has 0 unspecified atom stereocenters. The SMILES string of the molecule is COc1nc(C)cc(C)c1CNc1nc(C)nc2c1cnn2C. The van der Waals surface area contributed by atoms with Gasteiger partial charge in [-0.3, -0.25) is 4.68 Å². The lowest BCUT2D eigenvalue weighted by Crippen LogP contribution is -2.08. The zero-order chi connectivity index (χ0) is 16.6. The summed E-state index contributed by atoms with van der Waals surface area (Å²) < 4.78 is 7.15. The molecular weight excluding hydrogens is 292 g/mol. The van der Waals surface area contributed by atoms with Crippen LogP contribution in [0.5, 0.6) is 5.88 Å². The third-order valence-corrected chi connectivity index (χ3v) is 3.77. The van der Waals surface area contributed by atoms with Gasteiger partial charge in [0.25, 0.3) is 0 Å². The van der Waals surface area contributed by atoms with Crippen molar-refractivity contribution in [1.82, 2.24) is 24.7 Å². The van der Waals surface area contributed by atoms with E-state index in [1.807, 2.05) is 27.0 Å². The maximum atomic E-state index is 5.41. The second-order valence-electron chi connectivity index (χ2n) is 5.55. The zero-order valence-electron chi connectivity index (χ0n) is 14.0. The van der Waals surface area contributed by atoms with Gasteiger partial charge in [-0.05, 0) is 32.4 Å². The first-order valence-corrected chi connectivity index (χ1v) is 7.41. The number of nitrogens with one attached hydrogen (secondary N) is 1. The highest BCUT2D eigenvalue weighted by Gasteiger charge is 2.13. The quantitative estimate of drug-likeness (QED) is 0.796. The molecule has 0 saturated heterocycles. The van der Waals surface area contributed by atoms with Gasteiger partial charge >= 0.3 is 0 Å². The molecule has 0 aliphatic carbocycles. The lowest BCUT2D eigenvalue weighted by molar-refractivity contribution is 0.391. The van der Waals surface area contributed by atoms with Crippen molar-refractivity contribution in [2.45, 2.75) is 27.3 Å². The van der Waals surface area contributed by atoms with Crippen molar-refractivity contribution in [1.29, 1.82) is 0 Å². The predicted molar refractivity (Wildman–Crippen MR) is 88.6 cm³/mol. The lowest BCUT2D eigenvalue weighted by Gasteiger charge is -2.13. The van der Waals surface area contributed by atoms with Crippen molar-refractivity contribution in [3.8, 4) is 5.88 Å².